The van der Waals surface area contributed by atoms with Crippen LogP contribution in [0.5, 0.6) is 0 Å². The van der Waals surface area contributed by atoms with Gasteiger partial charge in [-0.2, -0.15) is 0 Å². The Morgan fingerprint density at radius 1 is 1.50 bits per heavy atom. The molecular weight excluding hydrogens is 222 g/mol. The Kier molecular flexibility index (Phi) is 2.26. The molecule has 0 bridgehead atoms. The third kappa shape index (κ3) is 1.45. The number of thiazole rings is 1. The molecule has 16 heavy (non-hydrogen) atoms. The predicted octanol–water partition coefficient (Wildman–Crippen LogP) is 1.37. The third-order valence-electron chi connectivity index (χ3n) is 2.75. The molecule has 0 amide bonds. The molecule has 1 aliphatic heterocycles. The zero-order chi connectivity index (χ0) is 11.1. The lowest BCUT2D eigenvalue weighted by Gasteiger charge is -1.99. The number of aromatic nitrogens is 4. The van der Waals surface area contributed by atoms with Crippen LogP contribution in [-0.4, -0.2) is 19.7 Å². The maximum Gasteiger partial charge on any atom is 0.183 e. The van der Waals surface area contributed by atoms with Crippen LogP contribution in [0.25, 0.3) is 11.5 Å². The van der Waals surface area contributed by atoms with E-state index in [4.69, 9.17) is 5.73 Å². The fourth-order valence-electron chi connectivity index (χ4n) is 1.94. The molecule has 6 heteroatoms. The van der Waals surface area contributed by atoms with E-state index in [-0.39, 0.29) is 6.04 Å². The number of hydrogen-bond acceptors (Lipinski definition) is 5. The van der Waals surface area contributed by atoms with Gasteiger partial charge in [-0.25, -0.2) is 4.98 Å². The smallest absolute Gasteiger partial charge is 0.183 e. The molecule has 3 rings (SSSR count). The number of aryl methyl sites for hydroxylation is 1. The molecule has 0 saturated carbocycles. The fourth-order valence-corrected chi connectivity index (χ4v) is 2.70. The Bertz CT molecular complexity index is 513. The van der Waals surface area contributed by atoms with E-state index in [2.05, 4.69) is 19.7 Å². The Hall–Kier alpha value is -1.27. The molecule has 1 atom stereocenters. The molecule has 5 nitrogen and oxygen atoms in total. The first-order chi connectivity index (χ1) is 7.75. The highest BCUT2D eigenvalue weighted by Crippen LogP contribution is 2.26. The summed E-state index contributed by atoms with van der Waals surface area (Å²) in [5, 5.41) is 11.3. The SMILES string of the molecule is CC(N)c1nc(-c2nnc3n2CCC3)cs1. The minimum absolute atomic E-state index is 0.0141. The first kappa shape index (κ1) is 9.92. The van der Waals surface area contributed by atoms with Crippen LogP contribution >= 0.6 is 11.3 Å². The van der Waals surface area contributed by atoms with Crippen LogP contribution < -0.4 is 5.73 Å². The zero-order valence-electron chi connectivity index (χ0n) is 9.05. The topological polar surface area (TPSA) is 69.6 Å². The van der Waals surface area contributed by atoms with Gasteiger partial charge < -0.3 is 10.3 Å². The van der Waals surface area contributed by atoms with Gasteiger partial charge in [0.05, 0.1) is 6.04 Å². The highest BCUT2D eigenvalue weighted by Gasteiger charge is 2.20. The number of hydrogen-bond donors (Lipinski definition) is 1. The van der Waals surface area contributed by atoms with E-state index < -0.39 is 0 Å². The van der Waals surface area contributed by atoms with Crippen molar-refractivity contribution in [3.63, 3.8) is 0 Å². The number of fused-ring (bicyclic) bond motifs is 1. The summed E-state index contributed by atoms with van der Waals surface area (Å²) in [5.41, 5.74) is 6.70. The molecule has 2 aromatic rings. The van der Waals surface area contributed by atoms with E-state index in [9.17, 15) is 0 Å². The highest BCUT2D eigenvalue weighted by molar-refractivity contribution is 7.10. The number of nitrogens with two attached hydrogens (primary N) is 1. The lowest BCUT2D eigenvalue weighted by Crippen LogP contribution is -2.04. The van der Waals surface area contributed by atoms with Gasteiger partial charge in [0.1, 0.15) is 16.5 Å². The van der Waals surface area contributed by atoms with Gasteiger partial charge in [-0.15, -0.1) is 21.5 Å². The maximum absolute atomic E-state index is 5.80. The van der Waals surface area contributed by atoms with Gasteiger partial charge in [0, 0.05) is 18.3 Å². The van der Waals surface area contributed by atoms with Crippen molar-refractivity contribution >= 4 is 11.3 Å². The monoisotopic (exact) mass is 235 g/mol. The summed E-state index contributed by atoms with van der Waals surface area (Å²) in [7, 11) is 0. The highest BCUT2D eigenvalue weighted by atomic mass is 32.1. The van der Waals surface area contributed by atoms with E-state index in [0.717, 1.165) is 41.7 Å². The van der Waals surface area contributed by atoms with Gasteiger partial charge in [-0.05, 0) is 13.3 Å². The van der Waals surface area contributed by atoms with Crippen molar-refractivity contribution < 1.29 is 0 Å². The molecule has 0 radical (unpaired) electrons. The van der Waals surface area contributed by atoms with Crippen LogP contribution in [0.4, 0.5) is 0 Å². The second kappa shape index (κ2) is 3.64. The molecule has 0 saturated heterocycles. The Morgan fingerprint density at radius 3 is 3.12 bits per heavy atom. The minimum Gasteiger partial charge on any atom is -0.322 e. The van der Waals surface area contributed by atoms with Crippen molar-refractivity contribution in [3.05, 3.63) is 16.2 Å². The predicted molar refractivity (Wildman–Crippen MR) is 62.1 cm³/mol. The van der Waals surface area contributed by atoms with E-state index in [1.54, 1.807) is 11.3 Å². The second-order valence-electron chi connectivity index (χ2n) is 4.05. The van der Waals surface area contributed by atoms with E-state index in [1.807, 2.05) is 12.3 Å². The molecular formula is C10H13N5S. The average Bonchev–Trinajstić information content (AvgIpc) is 2.92. The van der Waals surface area contributed by atoms with Crippen molar-refractivity contribution in [2.75, 3.05) is 0 Å². The molecule has 84 valence electrons. The molecule has 0 fully saturated rings. The van der Waals surface area contributed by atoms with Gasteiger partial charge in [-0.1, -0.05) is 0 Å². The fraction of sp³-hybridized carbons (Fsp3) is 0.500. The van der Waals surface area contributed by atoms with Gasteiger partial charge in [0.15, 0.2) is 5.82 Å². The van der Waals surface area contributed by atoms with Gasteiger partial charge in [0.25, 0.3) is 0 Å². The summed E-state index contributed by atoms with van der Waals surface area (Å²) in [4.78, 5) is 4.50. The number of nitrogens with zero attached hydrogens (tertiary/aromatic N) is 4. The lowest BCUT2D eigenvalue weighted by molar-refractivity contribution is 0.745. The molecule has 3 heterocycles. The Balaban J connectivity index is 2.02. The summed E-state index contributed by atoms with van der Waals surface area (Å²) in [6, 6.07) is -0.0141. The maximum atomic E-state index is 5.80. The van der Waals surface area contributed by atoms with Crippen LogP contribution in [-0.2, 0) is 13.0 Å². The van der Waals surface area contributed by atoms with Crippen molar-refractivity contribution in [1.82, 2.24) is 19.7 Å². The summed E-state index contributed by atoms with van der Waals surface area (Å²) in [6.07, 6.45) is 2.18. The zero-order valence-corrected chi connectivity index (χ0v) is 9.87. The largest absolute Gasteiger partial charge is 0.322 e. The van der Waals surface area contributed by atoms with Crippen LogP contribution in [0.15, 0.2) is 5.38 Å². The molecule has 2 N–H and O–H groups in total. The van der Waals surface area contributed by atoms with Crippen molar-refractivity contribution in [2.24, 2.45) is 5.73 Å². The van der Waals surface area contributed by atoms with E-state index in [1.165, 1.54) is 0 Å². The summed E-state index contributed by atoms with van der Waals surface area (Å²) < 4.78 is 2.15. The third-order valence-corrected chi connectivity index (χ3v) is 3.80. The summed E-state index contributed by atoms with van der Waals surface area (Å²) >= 11 is 1.58. The summed E-state index contributed by atoms with van der Waals surface area (Å²) in [6.45, 7) is 2.94. The van der Waals surface area contributed by atoms with Crippen molar-refractivity contribution in [2.45, 2.75) is 32.4 Å². The molecule has 2 aromatic heterocycles. The number of rotatable bonds is 2. The van der Waals surface area contributed by atoms with Crippen molar-refractivity contribution in [3.8, 4) is 11.5 Å². The molecule has 0 aromatic carbocycles. The molecule has 1 unspecified atom stereocenters. The van der Waals surface area contributed by atoms with Crippen LogP contribution in [0.2, 0.25) is 0 Å². The lowest BCUT2D eigenvalue weighted by atomic mass is 10.4. The van der Waals surface area contributed by atoms with Crippen LogP contribution in [0.3, 0.4) is 0 Å². The first-order valence-electron chi connectivity index (χ1n) is 5.39. The Labute approximate surface area is 97.3 Å². The minimum atomic E-state index is -0.0141. The Morgan fingerprint density at radius 2 is 2.38 bits per heavy atom. The average molecular weight is 235 g/mol. The first-order valence-corrected chi connectivity index (χ1v) is 6.27. The van der Waals surface area contributed by atoms with Gasteiger partial charge in [-0.3, -0.25) is 0 Å². The molecule has 0 aliphatic carbocycles. The van der Waals surface area contributed by atoms with Gasteiger partial charge in [0.2, 0.25) is 0 Å². The normalized spacial score (nSPS) is 16.4. The summed E-state index contributed by atoms with van der Waals surface area (Å²) in [5.74, 6) is 1.96. The molecule has 0 spiro atoms. The van der Waals surface area contributed by atoms with E-state index in [0.29, 0.717) is 0 Å². The van der Waals surface area contributed by atoms with Crippen molar-refractivity contribution in [1.29, 1.82) is 0 Å². The van der Waals surface area contributed by atoms with Crippen LogP contribution in [0.1, 0.15) is 30.2 Å². The van der Waals surface area contributed by atoms with Gasteiger partial charge >= 0.3 is 0 Å². The quantitative estimate of drug-likeness (QED) is 0.853. The standard InChI is InChI=1S/C10H13N5S/c1-6(11)10-12-7(5-16-10)9-14-13-8-3-2-4-15(8)9/h5-6H,2-4,11H2,1H3. The van der Waals surface area contributed by atoms with E-state index >= 15 is 0 Å². The second-order valence-corrected chi connectivity index (χ2v) is 4.94. The molecule has 1 aliphatic rings. The van der Waals surface area contributed by atoms with Crippen LogP contribution in [0, 0.1) is 0 Å².